The number of methoxy groups -OCH3 is 1. The highest BCUT2D eigenvalue weighted by molar-refractivity contribution is 7.10. The molecule has 1 aliphatic heterocycles. The van der Waals surface area contributed by atoms with Crippen LogP contribution in [0.15, 0.2) is 53.4 Å². The highest BCUT2D eigenvalue weighted by Gasteiger charge is 2.48. The SMILES string of the molecule is COc1c(Cl)cc(/C(O)=C2/C(=O)C(=O)N(c3ccc(C)cc3)C2c2sccc2C)cc1Cl. The normalized spacial score (nSPS) is 17.8. The Morgan fingerprint density at radius 3 is 2.22 bits per heavy atom. The molecule has 0 radical (unpaired) electrons. The zero-order valence-corrected chi connectivity index (χ0v) is 19.8. The molecule has 32 heavy (non-hydrogen) atoms. The molecule has 1 saturated heterocycles. The van der Waals surface area contributed by atoms with Gasteiger partial charge >= 0.3 is 0 Å². The molecule has 0 bridgehead atoms. The zero-order valence-electron chi connectivity index (χ0n) is 17.5. The predicted molar refractivity (Wildman–Crippen MR) is 128 cm³/mol. The van der Waals surface area contributed by atoms with Gasteiger partial charge in [-0.3, -0.25) is 14.5 Å². The summed E-state index contributed by atoms with van der Waals surface area (Å²) in [6.07, 6.45) is 0. The number of ketones is 1. The van der Waals surface area contributed by atoms with Crippen LogP contribution in [0, 0.1) is 13.8 Å². The number of halogens is 2. The number of thiophene rings is 1. The molecular weight excluding hydrogens is 469 g/mol. The van der Waals surface area contributed by atoms with E-state index in [2.05, 4.69) is 0 Å². The first kappa shape index (κ1) is 22.4. The summed E-state index contributed by atoms with van der Waals surface area (Å²) >= 11 is 13.9. The molecule has 5 nitrogen and oxygen atoms in total. The Morgan fingerprint density at radius 2 is 1.69 bits per heavy atom. The molecule has 2 heterocycles. The molecule has 1 fully saturated rings. The second-order valence-corrected chi connectivity index (χ2v) is 9.21. The second-order valence-electron chi connectivity index (χ2n) is 7.45. The van der Waals surface area contributed by atoms with Gasteiger partial charge in [0.25, 0.3) is 11.7 Å². The largest absolute Gasteiger partial charge is 0.507 e. The first-order chi connectivity index (χ1) is 15.2. The number of hydrogen-bond acceptors (Lipinski definition) is 5. The topological polar surface area (TPSA) is 66.8 Å². The molecule has 0 saturated carbocycles. The molecule has 8 heteroatoms. The van der Waals surface area contributed by atoms with Crippen LogP contribution in [-0.4, -0.2) is 23.9 Å². The van der Waals surface area contributed by atoms with Crippen LogP contribution in [0.4, 0.5) is 5.69 Å². The minimum atomic E-state index is -0.780. The molecule has 0 spiro atoms. The minimum absolute atomic E-state index is 0.0153. The lowest BCUT2D eigenvalue weighted by Gasteiger charge is -2.25. The van der Waals surface area contributed by atoms with Gasteiger partial charge in [-0.1, -0.05) is 40.9 Å². The van der Waals surface area contributed by atoms with Crippen molar-refractivity contribution >= 4 is 57.7 Å². The standard InChI is InChI=1S/C24H19Cl2NO4S/c1-12-4-6-15(7-5-12)27-19(23-13(2)8-9-32-23)18(21(29)24(27)30)20(28)14-10-16(25)22(31-3)17(26)11-14/h4-11,19,28H,1-3H3/b20-18-. The fraction of sp³-hybridized carbons (Fsp3) is 0.167. The van der Waals surface area contributed by atoms with Gasteiger partial charge in [0.2, 0.25) is 0 Å². The van der Waals surface area contributed by atoms with E-state index in [-0.39, 0.29) is 32.7 Å². The van der Waals surface area contributed by atoms with Gasteiger partial charge < -0.3 is 9.84 Å². The number of Topliss-reactive ketones (excluding diaryl/α,β-unsaturated/α-hetero) is 1. The lowest BCUT2D eigenvalue weighted by molar-refractivity contribution is -0.132. The maximum Gasteiger partial charge on any atom is 0.300 e. The number of carbonyl (C=O) groups is 2. The van der Waals surface area contributed by atoms with Crippen LogP contribution in [-0.2, 0) is 9.59 Å². The van der Waals surface area contributed by atoms with Crippen LogP contribution in [0.5, 0.6) is 5.75 Å². The fourth-order valence-corrected chi connectivity index (χ4v) is 5.43. The summed E-state index contributed by atoms with van der Waals surface area (Å²) in [7, 11) is 1.43. The summed E-state index contributed by atoms with van der Waals surface area (Å²) in [6.45, 7) is 3.85. The molecule has 1 N–H and O–H groups in total. The average molecular weight is 488 g/mol. The number of aliphatic hydroxyl groups excluding tert-OH is 1. The third kappa shape index (κ3) is 3.68. The van der Waals surface area contributed by atoms with E-state index in [9.17, 15) is 14.7 Å². The molecule has 4 rings (SSSR count). The second kappa shape index (κ2) is 8.62. The molecule has 0 aliphatic carbocycles. The third-order valence-electron chi connectivity index (χ3n) is 5.38. The average Bonchev–Trinajstić information content (AvgIpc) is 3.28. The Balaban J connectivity index is 1.96. The Morgan fingerprint density at radius 1 is 1.06 bits per heavy atom. The van der Waals surface area contributed by atoms with Crippen LogP contribution in [0.3, 0.4) is 0 Å². The summed E-state index contributed by atoms with van der Waals surface area (Å²) < 4.78 is 5.17. The van der Waals surface area contributed by atoms with E-state index in [0.29, 0.717) is 5.69 Å². The first-order valence-corrected chi connectivity index (χ1v) is 11.3. The molecule has 2 aromatic carbocycles. The number of benzene rings is 2. The van der Waals surface area contributed by atoms with Gasteiger partial charge in [-0.05, 0) is 55.1 Å². The van der Waals surface area contributed by atoms with Crippen molar-refractivity contribution in [3.8, 4) is 5.75 Å². The molecule has 1 aromatic heterocycles. The fourth-order valence-electron chi connectivity index (χ4n) is 3.76. The van der Waals surface area contributed by atoms with Gasteiger partial charge in [0.05, 0.1) is 22.7 Å². The third-order valence-corrected chi connectivity index (χ3v) is 7.02. The smallest absolute Gasteiger partial charge is 0.300 e. The van der Waals surface area contributed by atoms with Crippen LogP contribution < -0.4 is 9.64 Å². The molecule has 1 aliphatic rings. The van der Waals surface area contributed by atoms with Crippen molar-refractivity contribution in [2.45, 2.75) is 19.9 Å². The van der Waals surface area contributed by atoms with E-state index < -0.39 is 17.7 Å². The summed E-state index contributed by atoms with van der Waals surface area (Å²) in [6, 6.07) is 11.4. The Labute approximate surface area is 199 Å². The van der Waals surface area contributed by atoms with Crippen molar-refractivity contribution in [3.63, 3.8) is 0 Å². The highest BCUT2D eigenvalue weighted by atomic mass is 35.5. The van der Waals surface area contributed by atoms with E-state index in [1.54, 1.807) is 12.1 Å². The number of carbonyl (C=O) groups excluding carboxylic acids is 2. The number of nitrogens with zero attached hydrogens (tertiary/aromatic N) is 1. The zero-order chi connectivity index (χ0) is 23.2. The number of hydrogen-bond donors (Lipinski definition) is 1. The van der Waals surface area contributed by atoms with Crippen LogP contribution in [0.1, 0.15) is 27.6 Å². The summed E-state index contributed by atoms with van der Waals surface area (Å²) in [4.78, 5) is 28.6. The molecule has 3 aromatic rings. The van der Waals surface area contributed by atoms with Crippen LogP contribution >= 0.6 is 34.5 Å². The van der Waals surface area contributed by atoms with Gasteiger partial charge in [0.15, 0.2) is 5.75 Å². The van der Waals surface area contributed by atoms with Crippen molar-refractivity contribution in [3.05, 3.63) is 85.0 Å². The van der Waals surface area contributed by atoms with E-state index in [1.807, 2.05) is 37.4 Å². The van der Waals surface area contributed by atoms with Gasteiger partial charge in [0, 0.05) is 16.1 Å². The summed E-state index contributed by atoms with van der Waals surface area (Å²) in [5, 5.41) is 13.5. The minimum Gasteiger partial charge on any atom is -0.507 e. The monoisotopic (exact) mass is 487 g/mol. The number of anilines is 1. The van der Waals surface area contributed by atoms with Gasteiger partial charge in [-0.2, -0.15) is 0 Å². The molecule has 1 atom stereocenters. The quantitative estimate of drug-likeness (QED) is 0.266. The molecule has 1 unspecified atom stereocenters. The van der Waals surface area contributed by atoms with Crippen LogP contribution in [0.25, 0.3) is 5.76 Å². The maximum absolute atomic E-state index is 13.2. The van der Waals surface area contributed by atoms with E-state index in [1.165, 1.54) is 35.5 Å². The Kier molecular flexibility index (Phi) is 6.03. The Bertz CT molecular complexity index is 1240. The lowest BCUT2D eigenvalue weighted by atomic mass is 9.98. The number of ether oxygens (including phenoxy) is 1. The highest BCUT2D eigenvalue weighted by Crippen LogP contribution is 2.45. The predicted octanol–water partition coefficient (Wildman–Crippen LogP) is 6.31. The lowest BCUT2D eigenvalue weighted by Crippen LogP contribution is -2.29. The number of aryl methyl sites for hydroxylation is 2. The van der Waals surface area contributed by atoms with E-state index in [0.717, 1.165) is 16.0 Å². The van der Waals surface area contributed by atoms with Gasteiger partial charge in [0.1, 0.15) is 11.8 Å². The number of rotatable bonds is 4. The van der Waals surface area contributed by atoms with Gasteiger partial charge in [-0.25, -0.2) is 0 Å². The molecular formula is C24H19Cl2NO4S. The van der Waals surface area contributed by atoms with Crippen molar-refractivity contribution in [2.75, 3.05) is 12.0 Å². The summed E-state index contributed by atoms with van der Waals surface area (Å²) in [5.41, 5.74) is 2.72. The van der Waals surface area contributed by atoms with E-state index >= 15 is 0 Å². The molecule has 164 valence electrons. The number of amides is 1. The number of aliphatic hydroxyl groups is 1. The summed E-state index contributed by atoms with van der Waals surface area (Å²) in [5.74, 6) is -1.57. The van der Waals surface area contributed by atoms with Crippen molar-refractivity contribution in [1.29, 1.82) is 0 Å². The van der Waals surface area contributed by atoms with Crippen molar-refractivity contribution < 1.29 is 19.4 Å². The van der Waals surface area contributed by atoms with Crippen molar-refractivity contribution in [1.82, 2.24) is 0 Å². The van der Waals surface area contributed by atoms with Crippen LogP contribution in [0.2, 0.25) is 10.0 Å². The Hall–Kier alpha value is -2.80. The van der Waals surface area contributed by atoms with Crippen molar-refractivity contribution in [2.24, 2.45) is 0 Å². The molecule has 1 amide bonds. The maximum atomic E-state index is 13.2. The van der Waals surface area contributed by atoms with E-state index in [4.69, 9.17) is 27.9 Å². The first-order valence-electron chi connectivity index (χ1n) is 9.69. The van der Waals surface area contributed by atoms with Gasteiger partial charge in [-0.15, -0.1) is 11.3 Å².